The number of imide groups is 1. The molecule has 1 fully saturated rings. The summed E-state index contributed by atoms with van der Waals surface area (Å²) in [6.45, 7) is 6.41. The van der Waals surface area contributed by atoms with E-state index in [1.54, 1.807) is 44.6 Å². The summed E-state index contributed by atoms with van der Waals surface area (Å²) in [6.07, 6.45) is 11.0. The van der Waals surface area contributed by atoms with Gasteiger partial charge in [0.15, 0.2) is 12.3 Å². The van der Waals surface area contributed by atoms with E-state index < -0.39 is 64.7 Å². The Hall–Kier alpha value is -4.69. The molecule has 20 nitrogen and oxygen atoms in total. The zero-order chi connectivity index (χ0) is 50.6. The topological polar surface area (TPSA) is 270 Å². The number of fused-ring (bicyclic) bond motifs is 2. The summed E-state index contributed by atoms with van der Waals surface area (Å²) in [6, 6.07) is 8.62. The van der Waals surface area contributed by atoms with Crippen LogP contribution in [0.4, 0.5) is 11.4 Å². The van der Waals surface area contributed by atoms with Crippen LogP contribution in [0.25, 0.3) is 0 Å². The zero-order valence-corrected chi connectivity index (χ0v) is 41.7. The van der Waals surface area contributed by atoms with Crippen LogP contribution in [-0.2, 0) is 79.4 Å². The highest BCUT2D eigenvalue weighted by Gasteiger charge is 2.48. The van der Waals surface area contributed by atoms with Crippen molar-refractivity contribution in [2.45, 2.75) is 92.3 Å². The predicted octanol–water partition coefficient (Wildman–Crippen LogP) is 4.86. The Morgan fingerprint density at radius 2 is 1.35 bits per heavy atom. The number of allylic oxidation sites excluding steroid dienone is 6. The molecular weight excluding hydrogens is 963 g/mol. The summed E-state index contributed by atoms with van der Waals surface area (Å²) in [5.41, 5.74) is 2.01. The predicted molar refractivity (Wildman–Crippen MR) is 252 cm³/mol. The Morgan fingerprint density at radius 3 is 1.99 bits per heavy atom. The van der Waals surface area contributed by atoms with Gasteiger partial charge >= 0.3 is 5.97 Å². The molecule has 3 aliphatic heterocycles. The normalized spacial score (nSPS) is 20.4. The van der Waals surface area contributed by atoms with E-state index in [4.69, 9.17) is 23.8 Å². The molecule has 2 atom stereocenters. The van der Waals surface area contributed by atoms with Gasteiger partial charge in [0.1, 0.15) is 6.61 Å². The third-order valence-electron chi connectivity index (χ3n) is 12.4. The molecule has 1 saturated heterocycles. The van der Waals surface area contributed by atoms with Crippen LogP contribution in [-0.4, -0.2) is 145 Å². The van der Waals surface area contributed by atoms with Crippen LogP contribution in [0.15, 0.2) is 82.3 Å². The molecular formula is C46H62N3O17S3+. The average Bonchev–Trinajstić information content (AvgIpc) is 3.81. The summed E-state index contributed by atoms with van der Waals surface area (Å²) in [4.78, 5) is 42.7. The molecule has 2 unspecified atom stereocenters. The lowest BCUT2D eigenvalue weighted by Crippen LogP contribution is -2.32. The monoisotopic (exact) mass is 1020 g/mol. The second-order valence-electron chi connectivity index (χ2n) is 17.2. The van der Waals surface area contributed by atoms with Crippen molar-refractivity contribution in [2.75, 3.05) is 77.6 Å². The molecule has 0 radical (unpaired) electrons. The Labute approximate surface area is 403 Å². The summed E-state index contributed by atoms with van der Waals surface area (Å²) in [5.74, 6) is -2.38. The number of benzene rings is 2. The first-order valence-electron chi connectivity index (χ1n) is 22.4. The van der Waals surface area contributed by atoms with Crippen molar-refractivity contribution in [1.29, 1.82) is 0 Å². The van der Waals surface area contributed by atoms with Crippen molar-refractivity contribution in [3.05, 3.63) is 83.6 Å². The van der Waals surface area contributed by atoms with Crippen molar-refractivity contribution in [1.82, 2.24) is 5.06 Å². The number of hydrogen-bond donors (Lipinski definition) is 3. The summed E-state index contributed by atoms with van der Waals surface area (Å²) in [7, 11) is -10.4. The third-order valence-corrected chi connectivity index (χ3v) is 14.9. The van der Waals surface area contributed by atoms with Gasteiger partial charge in [0.2, 0.25) is 5.69 Å². The molecule has 2 aromatic carbocycles. The van der Waals surface area contributed by atoms with Crippen molar-refractivity contribution < 1.29 is 81.7 Å². The quantitative estimate of drug-likeness (QED) is 0.0337. The summed E-state index contributed by atoms with van der Waals surface area (Å²) in [5, 5.41) is 0.515. The number of nitrogens with zero attached hydrogens (tertiary/aromatic N) is 3. The molecule has 3 aliphatic rings. The molecule has 0 aromatic heterocycles. The molecule has 5 rings (SSSR count). The number of hydrogen-bond acceptors (Lipinski definition) is 15. The van der Waals surface area contributed by atoms with Gasteiger partial charge in [-0.15, -0.1) is 5.06 Å². The van der Waals surface area contributed by atoms with Crippen LogP contribution in [0.5, 0.6) is 0 Å². The van der Waals surface area contributed by atoms with Gasteiger partial charge in [0.25, 0.3) is 42.2 Å². The second-order valence-corrected chi connectivity index (χ2v) is 21.6. The Bertz CT molecular complexity index is 2670. The van der Waals surface area contributed by atoms with Gasteiger partial charge in [0.05, 0.1) is 47.4 Å². The first kappa shape index (κ1) is 55.2. The van der Waals surface area contributed by atoms with Crippen molar-refractivity contribution in [3.63, 3.8) is 0 Å². The third kappa shape index (κ3) is 14.2. The van der Waals surface area contributed by atoms with Gasteiger partial charge in [-0.3, -0.25) is 23.2 Å². The Kier molecular flexibility index (Phi) is 19.2. The van der Waals surface area contributed by atoms with Crippen molar-refractivity contribution in [2.24, 2.45) is 0 Å². The molecule has 3 N–H and O–H groups in total. The molecule has 23 heteroatoms. The summed E-state index contributed by atoms with van der Waals surface area (Å²) < 4.78 is 127. The minimum atomic E-state index is -4.63. The van der Waals surface area contributed by atoms with E-state index in [-0.39, 0.29) is 61.7 Å². The number of unbranched alkanes of at least 4 members (excludes halogenated alkanes) is 2. The van der Waals surface area contributed by atoms with Crippen molar-refractivity contribution in [3.8, 4) is 0 Å². The average molecular weight is 1030 g/mol. The lowest BCUT2D eigenvalue weighted by atomic mass is 9.76. The van der Waals surface area contributed by atoms with E-state index in [0.29, 0.717) is 91.9 Å². The second kappa shape index (κ2) is 23.9. The van der Waals surface area contributed by atoms with Gasteiger partial charge < -0.3 is 28.7 Å². The van der Waals surface area contributed by atoms with Gasteiger partial charge in [-0.05, 0) is 87.9 Å². The van der Waals surface area contributed by atoms with Crippen LogP contribution in [0.1, 0.15) is 82.8 Å². The molecule has 2 amide bonds. The minimum absolute atomic E-state index is 0.00770. The van der Waals surface area contributed by atoms with Crippen LogP contribution < -0.4 is 4.90 Å². The number of methoxy groups -OCH3 is 2. The minimum Gasteiger partial charge on any atom is -0.385 e. The van der Waals surface area contributed by atoms with E-state index >= 15 is 0 Å². The highest BCUT2D eigenvalue weighted by molar-refractivity contribution is 7.86. The van der Waals surface area contributed by atoms with Crippen LogP contribution in [0.2, 0.25) is 0 Å². The van der Waals surface area contributed by atoms with E-state index in [9.17, 15) is 53.3 Å². The molecule has 0 spiro atoms. The van der Waals surface area contributed by atoms with Crippen LogP contribution in [0.3, 0.4) is 0 Å². The Balaban J connectivity index is 1.47. The number of ether oxygens (including phenoxy) is 4. The fourth-order valence-corrected chi connectivity index (χ4v) is 10.3. The van der Waals surface area contributed by atoms with Crippen LogP contribution >= 0.6 is 0 Å². The highest BCUT2D eigenvalue weighted by Crippen LogP contribution is 2.51. The van der Waals surface area contributed by atoms with E-state index in [1.165, 1.54) is 24.3 Å². The SMILES string of the molecule is COCCOCCOCC[N+]1=C(/C=C/C=C/C=C2/N(CCCCCC(=O)ON3C(=O)CCC3=O)c3ccc(S(=O)(=O)O)cc3C2(C)CCOC)C(C)(CCCS(=O)(=O)O)c2cc(S(=O)(=O)O)ccc21. The molecule has 3 heterocycles. The van der Waals surface area contributed by atoms with Gasteiger partial charge in [0, 0.05) is 81.1 Å². The van der Waals surface area contributed by atoms with Gasteiger partial charge in [-0.2, -0.15) is 29.8 Å². The van der Waals surface area contributed by atoms with E-state index in [2.05, 4.69) is 0 Å². The number of carbonyl (C=O) groups is 3. The fourth-order valence-electron chi connectivity index (χ4n) is 8.81. The first-order chi connectivity index (χ1) is 32.5. The molecule has 0 bridgehead atoms. The molecule has 380 valence electrons. The molecule has 2 aromatic rings. The maximum atomic E-state index is 12.5. The number of anilines is 1. The summed E-state index contributed by atoms with van der Waals surface area (Å²) >= 11 is 0. The lowest BCUT2D eigenvalue weighted by molar-refractivity contribution is -0.442. The smallest absolute Gasteiger partial charge is 0.333 e. The lowest BCUT2D eigenvalue weighted by Gasteiger charge is -2.30. The molecule has 0 aliphatic carbocycles. The maximum absolute atomic E-state index is 12.5. The highest BCUT2D eigenvalue weighted by atomic mass is 32.2. The fraction of sp³-hybridized carbons (Fsp3) is 0.522. The number of amides is 2. The Morgan fingerprint density at radius 1 is 0.725 bits per heavy atom. The number of hydroxylamine groups is 2. The van der Waals surface area contributed by atoms with E-state index in [1.807, 2.05) is 35.5 Å². The zero-order valence-electron chi connectivity index (χ0n) is 39.2. The van der Waals surface area contributed by atoms with Crippen molar-refractivity contribution >= 4 is 65.2 Å². The number of carbonyl (C=O) groups excluding carboxylic acids is 3. The standard InChI is InChI=1S/C46H61N3O17S3/c1-45(21-11-31-67(53,54)55)36-32-34(68(56,57)58)16-18-39(36)48(24-26-64-29-30-65-28-27-63-4)40(45)12-7-5-8-13-41-46(2,22-25-62-3)37-33-35(69(59,60)61)15-17-38(37)47(41)23-10-6-9-14-44(52)66-49-42(50)19-20-43(49)51/h5,7-8,12-13,15-18,32-33H,6,9-11,14,19-31H2,1-4H3,(H2-,53,54,55,56,57,58,59,60,61)/p+1. The van der Waals surface area contributed by atoms with Gasteiger partial charge in [-0.1, -0.05) is 24.6 Å². The number of rotatable bonds is 28. The maximum Gasteiger partial charge on any atom is 0.333 e. The molecule has 69 heavy (non-hydrogen) atoms. The molecule has 0 saturated carbocycles. The largest absolute Gasteiger partial charge is 0.385 e. The van der Waals surface area contributed by atoms with Gasteiger partial charge in [-0.25, -0.2) is 4.79 Å². The first-order valence-corrected chi connectivity index (χ1v) is 26.9. The van der Waals surface area contributed by atoms with Crippen LogP contribution in [0, 0.1) is 0 Å². The van der Waals surface area contributed by atoms with E-state index in [0.717, 1.165) is 5.70 Å².